The van der Waals surface area contributed by atoms with E-state index in [9.17, 15) is 9.90 Å². The maximum atomic E-state index is 11.6. The molecule has 6 nitrogen and oxygen atoms in total. The third-order valence-electron chi connectivity index (χ3n) is 5.73. The molecule has 2 aromatic heterocycles. The molecule has 0 spiro atoms. The molecule has 1 aliphatic rings. The molecule has 0 saturated heterocycles. The Balaban J connectivity index is 1.85. The number of carboxylic acids is 1. The number of fused-ring (bicyclic) bond motifs is 1. The van der Waals surface area contributed by atoms with Crippen molar-refractivity contribution in [1.82, 2.24) is 14.6 Å². The van der Waals surface area contributed by atoms with E-state index >= 15 is 0 Å². The van der Waals surface area contributed by atoms with Gasteiger partial charge in [-0.05, 0) is 36.5 Å². The molecular weight excluding hydrogens is 366 g/mol. The predicted octanol–water partition coefficient (Wildman–Crippen LogP) is 5.15. The monoisotopic (exact) mass is 391 g/mol. The second-order valence-electron chi connectivity index (χ2n) is 7.60. The Labute approximate surface area is 169 Å². The summed E-state index contributed by atoms with van der Waals surface area (Å²) in [6.07, 6.45) is 10.7. The van der Waals surface area contributed by atoms with Gasteiger partial charge in [0.15, 0.2) is 5.65 Å². The summed E-state index contributed by atoms with van der Waals surface area (Å²) < 4.78 is 6.86. The van der Waals surface area contributed by atoms with Gasteiger partial charge < -0.3 is 9.84 Å². The van der Waals surface area contributed by atoms with Gasteiger partial charge in [-0.25, -0.2) is 14.3 Å². The summed E-state index contributed by atoms with van der Waals surface area (Å²) in [6, 6.07) is 8.31. The third-order valence-corrected chi connectivity index (χ3v) is 5.73. The van der Waals surface area contributed by atoms with E-state index in [-0.39, 0.29) is 5.56 Å². The van der Waals surface area contributed by atoms with Gasteiger partial charge in [-0.1, -0.05) is 43.5 Å². The van der Waals surface area contributed by atoms with E-state index < -0.39 is 5.97 Å². The number of allylic oxidation sites excluding steroid dienone is 1. The van der Waals surface area contributed by atoms with Crippen molar-refractivity contribution in [1.29, 1.82) is 0 Å². The van der Waals surface area contributed by atoms with Crippen LogP contribution in [0.5, 0.6) is 0 Å². The molecule has 6 heteroatoms. The number of aromatic carboxylic acids is 1. The molecule has 0 radical (unpaired) electrons. The van der Waals surface area contributed by atoms with Crippen molar-refractivity contribution >= 4 is 17.2 Å². The molecule has 0 aliphatic heterocycles. The van der Waals surface area contributed by atoms with Crippen LogP contribution in [0, 0.1) is 0 Å². The summed E-state index contributed by atoms with van der Waals surface area (Å²) in [6.45, 7) is 2.01. The highest BCUT2D eigenvalue weighted by atomic mass is 16.5. The highest BCUT2D eigenvalue weighted by Crippen LogP contribution is 2.38. The fraction of sp³-hybridized carbons (Fsp3) is 0.348. The van der Waals surface area contributed by atoms with Crippen molar-refractivity contribution in [2.75, 3.05) is 7.11 Å². The first-order valence-electron chi connectivity index (χ1n) is 10.0. The molecule has 1 fully saturated rings. The molecule has 3 aromatic rings. The van der Waals surface area contributed by atoms with E-state index in [1.54, 1.807) is 24.1 Å². The Morgan fingerprint density at radius 3 is 2.55 bits per heavy atom. The number of methoxy groups -OCH3 is 1. The smallest absolute Gasteiger partial charge is 0.341 e. The summed E-state index contributed by atoms with van der Waals surface area (Å²) in [5.41, 5.74) is 5.85. The van der Waals surface area contributed by atoms with Crippen LogP contribution < -0.4 is 0 Å². The van der Waals surface area contributed by atoms with Gasteiger partial charge >= 0.3 is 5.97 Å². The standard InChI is InChI=1S/C23H25N3O3/c1-15(14-29-2)16-8-10-17(11-9-16)19-12-24-22-20(23(27)28)13-25-26(22)21(19)18-6-4-3-5-7-18/h8-14,18H,3-7H2,1-2H3,(H,27,28)/b15-14+. The highest BCUT2D eigenvalue weighted by Gasteiger charge is 2.25. The Bertz CT molecular complexity index is 1060. The van der Waals surface area contributed by atoms with Crippen LogP contribution in [0.1, 0.15) is 66.6 Å². The minimum Gasteiger partial charge on any atom is -0.504 e. The quantitative estimate of drug-likeness (QED) is 0.609. The van der Waals surface area contributed by atoms with Crippen molar-refractivity contribution in [3.63, 3.8) is 0 Å². The Morgan fingerprint density at radius 1 is 1.17 bits per heavy atom. The van der Waals surface area contributed by atoms with Gasteiger partial charge in [0.05, 0.1) is 25.3 Å². The van der Waals surface area contributed by atoms with Gasteiger partial charge in [0.2, 0.25) is 0 Å². The number of carboxylic acid groups (broad SMARTS) is 1. The Morgan fingerprint density at radius 2 is 1.90 bits per heavy atom. The molecule has 0 amide bonds. The molecule has 0 bridgehead atoms. The maximum Gasteiger partial charge on any atom is 0.341 e. The van der Waals surface area contributed by atoms with Crippen LogP contribution in [0.4, 0.5) is 0 Å². The molecule has 1 aromatic carbocycles. The minimum absolute atomic E-state index is 0.143. The van der Waals surface area contributed by atoms with Crippen molar-refractivity contribution in [3.8, 4) is 11.1 Å². The lowest BCUT2D eigenvalue weighted by Gasteiger charge is -2.25. The van der Waals surface area contributed by atoms with Crippen molar-refractivity contribution in [2.45, 2.75) is 44.9 Å². The van der Waals surface area contributed by atoms with Gasteiger partial charge in [-0.3, -0.25) is 0 Å². The van der Waals surface area contributed by atoms with Crippen LogP contribution >= 0.6 is 0 Å². The molecule has 4 rings (SSSR count). The van der Waals surface area contributed by atoms with Crippen LogP contribution in [0.2, 0.25) is 0 Å². The zero-order chi connectivity index (χ0) is 20.4. The second-order valence-corrected chi connectivity index (χ2v) is 7.60. The summed E-state index contributed by atoms with van der Waals surface area (Å²) >= 11 is 0. The topological polar surface area (TPSA) is 76.7 Å². The van der Waals surface area contributed by atoms with Crippen LogP contribution in [0.25, 0.3) is 22.3 Å². The lowest BCUT2D eigenvalue weighted by atomic mass is 9.84. The average molecular weight is 391 g/mol. The van der Waals surface area contributed by atoms with Crippen LogP contribution in [0.15, 0.2) is 42.9 Å². The van der Waals surface area contributed by atoms with E-state index in [2.05, 4.69) is 34.3 Å². The predicted molar refractivity (Wildman–Crippen MR) is 112 cm³/mol. The van der Waals surface area contributed by atoms with E-state index in [1.807, 2.05) is 6.92 Å². The summed E-state index contributed by atoms with van der Waals surface area (Å²) in [7, 11) is 1.64. The van der Waals surface area contributed by atoms with Crippen molar-refractivity contribution in [3.05, 3.63) is 59.7 Å². The SMILES string of the molecule is CO/C=C(\C)c1ccc(-c2cnc3c(C(=O)O)cnn3c2C2CCCCC2)cc1. The lowest BCUT2D eigenvalue weighted by Crippen LogP contribution is -2.13. The minimum atomic E-state index is -1.00. The number of rotatable bonds is 5. The molecule has 1 saturated carbocycles. The molecular formula is C23H25N3O3. The van der Waals surface area contributed by atoms with Gasteiger partial charge in [-0.2, -0.15) is 5.10 Å². The van der Waals surface area contributed by atoms with Crippen LogP contribution in [-0.4, -0.2) is 32.8 Å². The van der Waals surface area contributed by atoms with E-state index in [1.165, 1.54) is 25.5 Å². The third kappa shape index (κ3) is 3.62. The molecule has 150 valence electrons. The number of benzene rings is 1. The van der Waals surface area contributed by atoms with Crippen LogP contribution in [-0.2, 0) is 4.74 Å². The second kappa shape index (κ2) is 8.07. The summed E-state index contributed by atoms with van der Waals surface area (Å²) in [4.78, 5) is 16.0. The first-order chi connectivity index (χ1) is 14.1. The molecule has 0 unspecified atom stereocenters. The first-order valence-corrected chi connectivity index (χ1v) is 10.0. The zero-order valence-electron chi connectivity index (χ0n) is 16.8. The highest BCUT2D eigenvalue weighted by molar-refractivity contribution is 5.94. The lowest BCUT2D eigenvalue weighted by molar-refractivity contribution is 0.0698. The number of carbonyl (C=O) groups is 1. The number of hydrogen-bond acceptors (Lipinski definition) is 4. The largest absolute Gasteiger partial charge is 0.504 e. The maximum absolute atomic E-state index is 11.6. The molecule has 0 atom stereocenters. The van der Waals surface area contributed by atoms with Gasteiger partial charge in [0.1, 0.15) is 5.56 Å². The first kappa shape index (κ1) is 19.2. The average Bonchev–Trinajstić information content (AvgIpc) is 3.18. The van der Waals surface area contributed by atoms with Gasteiger partial charge in [0.25, 0.3) is 0 Å². The summed E-state index contributed by atoms with van der Waals surface area (Å²) in [5, 5.41) is 13.9. The fourth-order valence-electron chi connectivity index (χ4n) is 4.25. The normalized spacial score (nSPS) is 15.6. The zero-order valence-corrected chi connectivity index (χ0v) is 16.8. The molecule has 1 aliphatic carbocycles. The van der Waals surface area contributed by atoms with Crippen LogP contribution in [0.3, 0.4) is 0 Å². The molecule has 29 heavy (non-hydrogen) atoms. The van der Waals surface area contributed by atoms with E-state index in [0.717, 1.165) is 40.8 Å². The Hall–Kier alpha value is -3.15. The number of ether oxygens (including phenoxy) is 1. The van der Waals surface area contributed by atoms with E-state index in [0.29, 0.717) is 11.6 Å². The summed E-state index contributed by atoms with van der Waals surface area (Å²) in [5.74, 6) is -0.653. The Kier molecular flexibility index (Phi) is 5.34. The van der Waals surface area contributed by atoms with Gasteiger partial charge in [0, 0.05) is 17.7 Å². The molecule has 2 heterocycles. The van der Waals surface area contributed by atoms with E-state index in [4.69, 9.17) is 4.74 Å². The fourth-order valence-corrected chi connectivity index (χ4v) is 4.25. The molecule has 1 N–H and O–H groups in total. The van der Waals surface area contributed by atoms with Crippen molar-refractivity contribution < 1.29 is 14.6 Å². The number of aromatic nitrogens is 3. The number of hydrogen-bond donors (Lipinski definition) is 1. The number of nitrogens with zero attached hydrogens (tertiary/aromatic N) is 3. The van der Waals surface area contributed by atoms with Crippen molar-refractivity contribution in [2.24, 2.45) is 0 Å². The van der Waals surface area contributed by atoms with Gasteiger partial charge in [-0.15, -0.1) is 0 Å².